The van der Waals surface area contributed by atoms with Gasteiger partial charge >= 0.3 is 12.3 Å². The molecule has 0 fully saturated rings. The van der Waals surface area contributed by atoms with Crippen molar-refractivity contribution in [3.8, 4) is 5.88 Å². The lowest BCUT2D eigenvalue weighted by Gasteiger charge is -2.12. The van der Waals surface area contributed by atoms with E-state index in [2.05, 4.69) is 9.72 Å². The van der Waals surface area contributed by atoms with E-state index in [0.29, 0.717) is 11.1 Å². The topological polar surface area (TPSA) is 48.4 Å². The van der Waals surface area contributed by atoms with Gasteiger partial charge in [-0.15, -0.1) is 13.2 Å². The first-order valence-corrected chi connectivity index (χ1v) is 6.38. The summed E-state index contributed by atoms with van der Waals surface area (Å²) in [7, 11) is 0. The molecule has 0 spiro atoms. The van der Waals surface area contributed by atoms with Crippen molar-refractivity contribution in [1.29, 1.82) is 0 Å². The Kier molecular flexibility index (Phi) is 5.39. The van der Waals surface area contributed by atoms with Gasteiger partial charge in [0.25, 0.3) is 0 Å². The Morgan fingerprint density at radius 3 is 2.58 bits per heavy atom. The molecule has 8 heteroatoms. The number of halogens is 4. The highest BCUT2D eigenvalue weighted by Crippen LogP contribution is 2.25. The molecule has 0 aromatic carbocycles. The van der Waals surface area contributed by atoms with Crippen LogP contribution in [0.1, 0.15) is 18.1 Å². The minimum Gasteiger partial charge on any atom is -0.466 e. The Labute approximate surface area is 121 Å². The molecule has 19 heavy (non-hydrogen) atoms. The zero-order valence-electron chi connectivity index (χ0n) is 10.2. The number of esters is 1. The van der Waals surface area contributed by atoms with Crippen molar-refractivity contribution in [2.75, 3.05) is 6.61 Å². The fraction of sp³-hybridized carbons (Fsp3) is 0.455. The Bertz CT molecular complexity index is 454. The van der Waals surface area contributed by atoms with E-state index in [1.54, 1.807) is 36.4 Å². The maximum absolute atomic E-state index is 12.1. The molecule has 0 bridgehead atoms. The average molecular weight is 389 g/mol. The number of alkyl halides is 3. The van der Waals surface area contributed by atoms with Crippen molar-refractivity contribution in [2.24, 2.45) is 0 Å². The smallest absolute Gasteiger partial charge is 0.466 e. The number of ether oxygens (including phenoxy) is 2. The number of carbonyl (C=O) groups excluding carboxylic acids is 1. The van der Waals surface area contributed by atoms with Gasteiger partial charge in [-0.25, -0.2) is 4.98 Å². The fourth-order valence-electron chi connectivity index (χ4n) is 1.37. The summed E-state index contributed by atoms with van der Waals surface area (Å²) in [5, 5.41) is 0. The number of aryl methyl sites for hydroxylation is 1. The number of rotatable bonds is 4. The Morgan fingerprint density at radius 2 is 2.11 bits per heavy atom. The zero-order valence-corrected chi connectivity index (χ0v) is 12.3. The molecular weight excluding hydrogens is 378 g/mol. The molecule has 0 aliphatic carbocycles. The van der Waals surface area contributed by atoms with Crippen LogP contribution in [0.25, 0.3) is 0 Å². The number of carbonyl (C=O) groups is 1. The lowest BCUT2D eigenvalue weighted by Crippen LogP contribution is -2.19. The van der Waals surface area contributed by atoms with Gasteiger partial charge in [0.15, 0.2) is 0 Å². The molecule has 106 valence electrons. The van der Waals surface area contributed by atoms with Crippen LogP contribution in [-0.4, -0.2) is 23.9 Å². The van der Waals surface area contributed by atoms with Crippen molar-refractivity contribution in [1.82, 2.24) is 4.98 Å². The highest BCUT2D eigenvalue weighted by Gasteiger charge is 2.32. The summed E-state index contributed by atoms with van der Waals surface area (Å²) < 4.78 is 45.0. The fourth-order valence-corrected chi connectivity index (χ4v) is 2.22. The number of pyridine rings is 1. The van der Waals surface area contributed by atoms with Crippen LogP contribution in [0.3, 0.4) is 0 Å². The second-order valence-corrected chi connectivity index (χ2v) is 4.60. The predicted octanol–water partition coefficient (Wildman–Crippen LogP) is 3.00. The normalized spacial score (nSPS) is 11.3. The van der Waals surface area contributed by atoms with Gasteiger partial charge in [0.1, 0.15) is 3.70 Å². The van der Waals surface area contributed by atoms with Crippen molar-refractivity contribution in [3.05, 3.63) is 20.9 Å². The third kappa shape index (κ3) is 5.21. The molecule has 0 saturated heterocycles. The van der Waals surface area contributed by atoms with Crippen LogP contribution in [0.2, 0.25) is 0 Å². The molecule has 0 radical (unpaired) electrons. The van der Waals surface area contributed by atoms with Crippen molar-refractivity contribution < 1.29 is 27.4 Å². The largest absolute Gasteiger partial charge is 0.574 e. The summed E-state index contributed by atoms with van der Waals surface area (Å²) in [5.74, 6) is -0.989. The SMILES string of the molecule is CCOC(=O)Cc1c(C)cc(OC(F)(F)F)nc1I. The molecule has 0 atom stereocenters. The van der Waals surface area contributed by atoms with Gasteiger partial charge in [-0.2, -0.15) is 0 Å². The molecule has 0 N–H and O–H groups in total. The molecule has 1 aromatic rings. The summed E-state index contributed by atoms with van der Waals surface area (Å²) in [5.41, 5.74) is 1.03. The number of aromatic nitrogens is 1. The minimum atomic E-state index is -4.79. The maximum Gasteiger partial charge on any atom is 0.574 e. The van der Waals surface area contributed by atoms with E-state index in [4.69, 9.17) is 4.74 Å². The van der Waals surface area contributed by atoms with Crippen LogP contribution < -0.4 is 4.74 Å². The van der Waals surface area contributed by atoms with E-state index in [9.17, 15) is 18.0 Å². The second kappa shape index (κ2) is 6.40. The number of hydrogen-bond donors (Lipinski definition) is 0. The summed E-state index contributed by atoms with van der Waals surface area (Å²) in [6.07, 6.45) is -4.82. The molecule has 0 saturated carbocycles. The van der Waals surface area contributed by atoms with Crippen molar-refractivity contribution in [2.45, 2.75) is 26.6 Å². The van der Waals surface area contributed by atoms with Gasteiger partial charge in [-0.05, 0) is 47.6 Å². The van der Waals surface area contributed by atoms with Crippen LogP contribution in [0.5, 0.6) is 5.88 Å². The van der Waals surface area contributed by atoms with Gasteiger partial charge in [-0.1, -0.05) is 0 Å². The monoisotopic (exact) mass is 389 g/mol. The molecule has 0 aliphatic heterocycles. The third-order valence-corrected chi connectivity index (χ3v) is 3.01. The molecule has 1 aromatic heterocycles. The summed E-state index contributed by atoms with van der Waals surface area (Å²) in [6.45, 7) is 3.51. The Balaban J connectivity index is 2.94. The van der Waals surface area contributed by atoms with Crippen LogP contribution in [0.15, 0.2) is 6.07 Å². The van der Waals surface area contributed by atoms with Crippen molar-refractivity contribution in [3.63, 3.8) is 0 Å². The van der Waals surface area contributed by atoms with Gasteiger partial charge in [0.05, 0.1) is 13.0 Å². The van der Waals surface area contributed by atoms with Crippen LogP contribution in [0, 0.1) is 10.6 Å². The molecule has 1 heterocycles. The van der Waals surface area contributed by atoms with Gasteiger partial charge in [-0.3, -0.25) is 4.79 Å². The predicted molar refractivity (Wildman–Crippen MR) is 68.7 cm³/mol. The van der Waals surface area contributed by atoms with Gasteiger partial charge in [0, 0.05) is 6.07 Å². The van der Waals surface area contributed by atoms with E-state index >= 15 is 0 Å². The molecule has 4 nitrogen and oxygen atoms in total. The van der Waals surface area contributed by atoms with Gasteiger partial charge in [0.2, 0.25) is 5.88 Å². The maximum atomic E-state index is 12.1. The van der Waals surface area contributed by atoms with Gasteiger partial charge < -0.3 is 9.47 Å². The molecule has 0 aliphatic rings. The highest BCUT2D eigenvalue weighted by atomic mass is 127. The van der Waals surface area contributed by atoms with E-state index in [0.717, 1.165) is 6.07 Å². The summed E-state index contributed by atoms with van der Waals surface area (Å²) >= 11 is 1.76. The molecule has 0 amide bonds. The Hall–Kier alpha value is -1.06. The van der Waals surface area contributed by atoms with E-state index in [1.165, 1.54) is 0 Å². The van der Waals surface area contributed by atoms with Crippen LogP contribution in [0.4, 0.5) is 13.2 Å². The third-order valence-electron chi connectivity index (χ3n) is 2.12. The van der Waals surface area contributed by atoms with E-state index in [1.807, 2.05) is 0 Å². The molecular formula is C11H11F3INO3. The first-order chi connectivity index (χ1) is 8.73. The van der Waals surface area contributed by atoms with Crippen LogP contribution in [-0.2, 0) is 16.0 Å². The van der Waals surface area contributed by atoms with E-state index in [-0.39, 0.29) is 16.7 Å². The number of hydrogen-bond acceptors (Lipinski definition) is 4. The zero-order chi connectivity index (χ0) is 14.6. The number of nitrogens with zero attached hydrogens (tertiary/aromatic N) is 1. The molecule has 0 unspecified atom stereocenters. The second-order valence-electron chi connectivity index (χ2n) is 3.58. The first-order valence-electron chi connectivity index (χ1n) is 5.30. The first kappa shape index (κ1) is 16.0. The summed E-state index contributed by atoms with van der Waals surface area (Å²) in [4.78, 5) is 15.0. The van der Waals surface area contributed by atoms with E-state index < -0.39 is 18.2 Å². The van der Waals surface area contributed by atoms with Crippen molar-refractivity contribution >= 4 is 28.6 Å². The minimum absolute atomic E-state index is 0.0305. The highest BCUT2D eigenvalue weighted by molar-refractivity contribution is 14.1. The van der Waals surface area contributed by atoms with Crippen LogP contribution >= 0.6 is 22.6 Å². The average Bonchev–Trinajstić information content (AvgIpc) is 2.21. The quantitative estimate of drug-likeness (QED) is 0.452. The molecule has 1 rings (SSSR count). The summed E-state index contributed by atoms with van der Waals surface area (Å²) in [6, 6.07) is 1.14. The lowest BCUT2D eigenvalue weighted by molar-refractivity contribution is -0.276. The standard InChI is InChI=1S/C11H11F3INO3/c1-3-18-9(17)5-7-6(2)4-8(16-10(7)15)19-11(12,13)14/h4H,3,5H2,1-2H3. The lowest BCUT2D eigenvalue weighted by atomic mass is 10.1. The Morgan fingerprint density at radius 1 is 1.47 bits per heavy atom.